The SMILES string of the molecule is O=C(Cc1cccc(Cl)c1)Nc1ccc2ncnc(Nc3cccc(Br)c3)c2c1. The van der Waals surface area contributed by atoms with Crippen molar-refractivity contribution in [2.75, 3.05) is 10.6 Å². The first-order valence-electron chi connectivity index (χ1n) is 8.88. The van der Waals surface area contributed by atoms with Gasteiger partial charge in [0.15, 0.2) is 0 Å². The number of halogens is 2. The minimum atomic E-state index is -0.120. The summed E-state index contributed by atoms with van der Waals surface area (Å²) < 4.78 is 0.967. The van der Waals surface area contributed by atoms with Gasteiger partial charge in [0.1, 0.15) is 12.1 Å². The van der Waals surface area contributed by atoms with Gasteiger partial charge < -0.3 is 10.6 Å². The van der Waals surface area contributed by atoms with E-state index >= 15 is 0 Å². The lowest BCUT2D eigenvalue weighted by molar-refractivity contribution is -0.115. The molecule has 4 rings (SSSR count). The number of nitrogens with one attached hydrogen (secondary N) is 2. The number of fused-ring (bicyclic) bond motifs is 1. The van der Waals surface area contributed by atoms with E-state index in [2.05, 4.69) is 36.5 Å². The van der Waals surface area contributed by atoms with Crippen molar-refractivity contribution in [1.82, 2.24) is 9.97 Å². The average molecular weight is 468 g/mol. The summed E-state index contributed by atoms with van der Waals surface area (Å²) >= 11 is 9.46. The minimum absolute atomic E-state index is 0.120. The fourth-order valence-electron chi connectivity index (χ4n) is 2.97. The maximum atomic E-state index is 12.4. The fraction of sp³-hybridized carbons (Fsp3) is 0.0455. The van der Waals surface area contributed by atoms with Gasteiger partial charge in [-0.3, -0.25) is 4.79 Å². The van der Waals surface area contributed by atoms with E-state index in [9.17, 15) is 4.79 Å². The van der Waals surface area contributed by atoms with Crippen molar-refractivity contribution in [1.29, 1.82) is 0 Å². The molecule has 0 aliphatic rings. The van der Waals surface area contributed by atoms with E-state index in [0.29, 0.717) is 16.5 Å². The van der Waals surface area contributed by atoms with Crippen molar-refractivity contribution in [2.45, 2.75) is 6.42 Å². The third-order valence-electron chi connectivity index (χ3n) is 4.26. The van der Waals surface area contributed by atoms with Crippen molar-refractivity contribution in [3.63, 3.8) is 0 Å². The van der Waals surface area contributed by atoms with E-state index in [4.69, 9.17) is 11.6 Å². The zero-order chi connectivity index (χ0) is 20.2. The first-order chi connectivity index (χ1) is 14.1. The van der Waals surface area contributed by atoms with Crippen LogP contribution in [0.2, 0.25) is 5.02 Å². The molecule has 0 bridgehead atoms. The van der Waals surface area contributed by atoms with Crippen LogP contribution >= 0.6 is 27.5 Å². The Kier molecular flexibility index (Phi) is 5.74. The summed E-state index contributed by atoms with van der Waals surface area (Å²) in [7, 11) is 0. The van der Waals surface area contributed by atoms with Crippen molar-refractivity contribution in [2.24, 2.45) is 0 Å². The summed E-state index contributed by atoms with van der Waals surface area (Å²) in [6, 6.07) is 20.6. The molecule has 0 radical (unpaired) electrons. The third kappa shape index (κ3) is 4.91. The molecule has 4 aromatic rings. The standard InChI is InChI=1S/C22H16BrClN4O/c23-15-4-2-6-17(11-15)28-22-19-12-18(7-8-20(19)25-13-26-22)27-21(29)10-14-3-1-5-16(24)9-14/h1-9,11-13H,10H2,(H,27,29)(H,25,26,28). The van der Waals surface area contributed by atoms with Gasteiger partial charge in [0, 0.05) is 26.3 Å². The van der Waals surface area contributed by atoms with Crippen LogP contribution in [-0.2, 0) is 11.2 Å². The molecule has 3 aromatic carbocycles. The van der Waals surface area contributed by atoms with Crippen LogP contribution in [0.25, 0.3) is 10.9 Å². The zero-order valence-electron chi connectivity index (χ0n) is 15.2. The molecule has 0 unspecified atom stereocenters. The number of rotatable bonds is 5. The third-order valence-corrected chi connectivity index (χ3v) is 4.99. The lowest BCUT2D eigenvalue weighted by Crippen LogP contribution is -2.14. The molecular formula is C22H16BrClN4O. The number of carbonyl (C=O) groups is 1. The number of amides is 1. The van der Waals surface area contributed by atoms with Gasteiger partial charge in [-0.2, -0.15) is 0 Å². The molecule has 0 saturated carbocycles. The van der Waals surface area contributed by atoms with Gasteiger partial charge in [0.2, 0.25) is 5.91 Å². The predicted octanol–water partition coefficient (Wildman–Crippen LogP) is 5.97. The van der Waals surface area contributed by atoms with Crippen molar-refractivity contribution in [3.8, 4) is 0 Å². The first kappa shape index (κ1) is 19.4. The van der Waals surface area contributed by atoms with Gasteiger partial charge in [0.25, 0.3) is 0 Å². The molecule has 0 spiro atoms. The molecule has 144 valence electrons. The molecule has 0 aliphatic heterocycles. The number of hydrogen-bond acceptors (Lipinski definition) is 4. The molecule has 0 saturated heterocycles. The number of carbonyl (C=O) groups excluding carboxylic acids is 1. The monoisotopic (exact) mass is 466 g/mol. The van der Waals surface area contributed by atoms with Gasteiger partial charge in [-0.25, -0.2) is 9.97 Å². The molecule has 1 amide bonds. The highest BCUT2D eigenvalue weighted by Gasteiger charge is 2.09. The van der Waals surface area contributed by atoms with Gasteiger partial charge in [-0.15, -0.1) is 0 Å². The maximum Gasteiger partial charge on any atom is 0.228 e. The first-order valence-corrected chi connectivity index (χ1v) is 10.1. The smallest absolute Gasteiger partial charge is 0.228 e. The van der Waals surface area contributed by atoms with Crippen LogP contribution in [-0.4, -0.2) is 15.9 Å². The zero-order valence-corrected chi connectivity index (χ0v) is 17.5. The Morgan fingerprint density at radius 2 is 1.83 bits per heavy atom. The molecule has 29 heavy (non-hydrogen) atoms. The summed E-state index contributed by atoms with van der Waals surface area (Å²) in [5.74, 6) is 0.545. The molecule has 1 aromatic heterocycles. The second-order valence-electron chi connectivity index (χ2n) is 6.44. The van der Waals surface area contributed by atoms with Crippen LogP contribution in [0.1, 0.15) is 5.56 Å². The van der Waals surface area contributed by atoms with E-state index in [-0.39, 0.29) is 12.3 Å². The summed E-state index contributed by atoms with van der Waals surface area (Å²) in [4.78, 5) is 21.1. The van der Waals surface area contributed by atoms with E-state index in [0.717, 1.165) is 26.6 Å². The lowest BCUT2D eigenvalue weighted by Gasteiger charge is -2.11. The van der Waals surface area contributed by atoms with Gasteiger partial charge in [0.05, 0.1) is 11.9 Å². The van der Waals surface area contributed by atoms with Gasteiger partial charge in [-0.05, 0) is 54.1 Å². The Hall–Kier alpha value is -2.96. The molecule has 0 fully saturated rings. The second-order valence-corrected chi connectivity index (χ2v) is 7.80. The molecular weight excluding hydrogens is 452 g/mol. The number of hydrogen-bond donors (Lipinski definition) is 2. The summed E-state index contributed by atoms with van der Waals surface area (Å²) in [6.45, 7) is 0. The van der Waals surface area contributed by atoms with Crippen molar-refractivity contribution in [3.05, 3.63) is 88.1 Å². The Balaban J connectivity index is 1.57. The van der Waals surface area contributed by atoms with Crippen LogP contribution in [0.15, 0.2) is 77.5 Å². The molecule has 5 nitrogen and oxygen atoms in total. The molecule has 1 heterocycles. The fourth-order valence-corrected chi connectivity index (χ4v) is 3.59. The van der Waals surface area contributed by atoms with Crippen LogP contribution in [0.5, 0.6) is 0 Å². The highest BCUT2D eigenvalue weighted by Crippen LogP contribution is 2.27. The van der Waals surface area contributed by atoms with Gasteiger partial charge in [-0.1, -0.05) is 45.7 Å². The van der Waals surface area contributed by atoms with Crippen LogP contribution in [0, 0.1) is 0 Å². The van der Waals surface area contributed by atoms with Crippen LogP contribution in [0.4, 0.5) is 17.2 Å². The highest BCUT2D eigenvalue weighted by molar-refractivity contribution is 9.10. The Bertz CT molecular complexity index is 1200. The molecule has 7 heteroatoms. The number of aromatic nitrogens is 2. The van der Waals surface area contributed by atoms with Crippen molar-refractivity contribution < 1.29 is 4.79 Å². The van der Waals surface area contributed by atoms with Crippen LogP contribution < -0.4 is 10.6 Å². The summed E-state index contributed by atoms with van der Waals surface area (Å²) in [6.07, 6.45) is 1.76. The predicted molar refractivity (Wildman–Crippen MR) is 121 cm³/mol. The summed E-state index contributed by atoms with van der Waals surface area (Å²) in [5, 5.41) is 7.66. The number of nitrogens with zero attached hydrogens (tertiary/aromatic N) is 2. The van der Waals surface area contributed by atoms with Crippen molar-refractivity contribution >= 4 is 61.5 Å². The lowest BCUT2D eigenvalue weighted by atomic mass is 10.1. The van der Waals surface area contributed by atoms with Gasteiger partial charge >= 0.3 is 0 Å². The van der Waals surface area contributed by atoms with E-state index < -0.39 is 0 Å². The Labute approximate surface area is 181 Å². The molecule has 0 atom stereocenters. The topological polar surface area (TPSA) is 66.9 Å². The Morgan fingerprint density at radius 1 is 0.966 bits per heavy atom. The van der Waals surface area contributed by atoms with E-state index in [1.807, 2.05) is 54.6 Å². The van der Waals surface area contributed by atoms with Crippen LogP contribution in [0.3, 0.4) is 0 Å². The average Bonchev–Trinajstić information content (AvgIpc) is 2.68. The van der Waals surface area contributed by atoms with E-state index in [1.54, 1.807) is 12.1 Å². The normalized spacial score (nSPS) is 10.7. The quantitative estimate of drug-likeness (QED) is 0.379. The second kappa shape index (κ2) is 8.59. The number of benzene rings is 3. The Morgan fingerprint density at radius 3 is 2.66 bits per heavy atom. The number of anilines is 3. The largest absolute Gasteiger partial charge is 0.340 e. The van der Waals surface area contributed by atoms with E-state index in [1.165, 1.54) is 6.33 Å². The maximum absolute atomic E-state index is 12.4. The summed E-state index contributed by atoms with van der Waals surface area (Å²) in [5.41, 5.74) is 3.22. The minimum Gasteiger partial charge on any atom is -0.340 e. The molecule has 2 N–H and O–H groups in total. The highest BCUT2D eigenvalue weighted by atomic mass is 79.9. The molecule has 0 aliphatic carbocycles.